The van der Waals surface area contributed by atoms with E-state index in [4.69, 9.17) is 0 Å². The molecule has 2 unspecified atom stereocenters. The van der Waals surface area contributed by atoms with Crippen LogP contribution in [-0.2, 0) is 0 Å². The van der Waals surface area contributed by atoms with E-state index in [2.05, 4.69) is 21.2 Å². The van der Waals surface area contributed by atoms with Crippen LogP contribution < -0.4 is 5.32 Å². The lowest BCUT2D eigenvalue weighted by Gasteiger charge is -2.28. The van der Waals surface area contributed by atoms with Crippen LogP contribution in [-0.4, -0.2) is 23.2 Å². The summed E-state index contributed by atoms with van der Waals surface area (Å²) in [5.41, 5.74) is 0.0247. The minimum Gasteiger partial charge on any atom is -0.391 e. The third-order valence-electron chi connectivity index (χ3n) is 3.30. The predicted molar refractivity (Wildman–Crippen MR) is 69.8 cm³/mol. The van der Waals surface area contributed by atoms with Gasteiger partial charge in [0.15, 0.2) is 11.6 Å². The Kier molecular flexibility index (Phi) is 4.52. The van der Waals surface area contributed by atoms with Crippen molar-refractivity contribution in [3.63, 3.8) is 0 Å². The zero-order valence-electron chi connectivity index (χ0n) is 10.1. The molecule has 2 rings (SSSR count). The smallest absolute Gasteiger partial charge is 0.252 e. The fraction of sp³-hybridized carbons (Fsp3) is 0.462. The van der Waals surface area contributed by atoms with Gasteiger partial charge in [-0.2, -0.15) is 0 Å². The molecule has 1 amide bonds. The van der Waals surface area contributed by atoms with Crippen molar-refractivity contribution in [3.05, 3.63) is 33.8 Å². The molecule has 104 valence electrons. The van der Waals surface area contributed by atoms with Crippen LogP contribution in [0, 0.1) is 11.6 Å². The SMILES string of the molecule is O=C(NC1CCCCC1O)c1cc(F)c(F)cc1Br. The van der Waals surface area contributed by atoms with E-state index in [9.17, 15) is 18.7 Å². The van der Waals surface area contributed by atoms with E-state index in [-0.39, 0.29) is 16.1 Å². The maximum atomic E-state index is 13.1. The lowest BCUT2D eigenvalue weighted by molar-refractivity contribution is 0.0716. The minimum atomic E-state index is -1.07. The van der Waals surface area contributed by atoms with E-state index < -0.39 is 23.6 Å². The zero-order valence-corrected chi connectivity index (χ0v) is 11.7. The second-order valence-electron chi connectivity index (χ2n) is 4.68. The summed E-state index contributed by atoms with van der Waals surface area (Å²) in [5.74, 6) is -2.60. The zero-order chi connectivity index (χ0) is 14.0. The van der Waals surface area contributed by atoms with Crippen LogP contribution in [0.1, 0.15) is 36.0 Å². The molecule has 1 aliphatic carbocycles. The Balaban J connectivity index is 2.13. The maximum absolute atomic E-state index is 13.1. The average Bonchev–Trinajstić information content (AvgIpc) is 2.36. The molecule has 0 radical (unpaired) electrons. The number of hydrogen-bond acceptors (Lipinski definition) is 2. The fourth-order valence-corrected chi connectivity index (χ4v) is 2.72. The summed E-state index contributed by atoms with van der Waals surface area (Å²) >= 11 is 3.03. The van der Waals surface area contributed by atoms with Gasteiger partial charge < -0.3 is 10.4 Å². The lowest BCUT2D eigenvalue weighted by Crippen LogP contribution is -2.45. The molecule has 0 bridgehead atoms. The summed E-state index contributed by atoms with van der Waals surface area (Å²) in [6.07, 6.45) is 2.61. The van der Waals surface area contributed by atoms with E-state index in [0.717, 1.165) is 25.0 Å². The number of benzene rings is 1. The van der Waals surface area contributed by atoms with Crippen LogP contribution in [0.4, 0.5) is 8.78 Å². The van der Waals surface area contributed by atoms with Crippen LogP contribution in [0.25, 0.3) is 0 Å². The number of aliphatic hydroxyl groups is 1. The highest BCUT2D eigenvalue weighted by Crippen LogP contribution is 2.22. The monoisotopic (exact) mass is 333 g/mol. The second-order valence-corrected chi connectivity index (χ2v) is 5.53. The largest absolute Gasteiger partial charge is 0.391 e. The molecule has 1 aromatic carbocycles. The Morgan fingerprint density at radius 3 is 2.58 bits per heavy atom. The van der Waals surface area contributed by atoms with Gasteiger partial charge in [-0.1, -0.05) is 12.8 Å². The van der Waals surface area contributed by atoms with Gasteiger partial charge in [-0.25, -0.2) is 8.78 Å². The number of hydrogen-bond donors (Lipinski definition) is 2. The molecule has 19 heavy (non-hydrogen) atoms. The third kappa shape index (κ3) is 3.30. The van der Waals surface area contributed by atoms with Crippen molar-refractivity contribution in [2.75, 3.05) is 0 Å². The molecule has 6 heteroatoms. The Morgan fingerprint density at radius 2 is 1.89 bits per heavy atom. The normalized spacial score (nSPS) is 23.2. The van der Waals surface area contributed by atoms with Crippen molar-refractivity contribution >= 4 is 21.8 Å². The van der Waals surface area contributed by atoms with Crippen molar-refractivity contribution in [2.24, 2.45) is 0 Å². The Morgan fingerprint density at radius 1 is 1.26 bits per heavy atom. The molecular weight excluding hydrogens is 320 g/mol. The topological polar surface area (TPSA) is 49.3 Å². The molecule has 0 spiro atoms. The van der Waals surface area contributed by atoms with Crippen LogP contribution in [0.15, 0.2) is 16.6 Å². The first-order valence-corrected chi connectivity index (χ1v) is 6.92. The molecule has 0 aliphatic heterocycles. The van der Waals surface area contributed by atoms with Gasteiger partial charge >= 0.3 is 0 Å². The van der Waals surface area contributed by atoms with E-state index in [1.165, 1.54) is 0 Å². The van der Waals surface area contributed by atoms with E-state index in [1.54, 1.807) is 0 Å². The predicted octanol–water partition coefficient (Wildman–Crippen LogP) is 2.76. The first-order chi connectivity index (χ1) is 8.99. The highest BCUT2D eigenvalue weighted by molar-refractivity contribution is 9.10. The minimum absolute atomic E-state index is 0.0247. The van der Waals surface area contributed by atoms with Gasteiger partial charge in [-0.05, 0) is 40.9 Å². The van der Waals surface area contributed by atoms with Crippen molar-refractivity contribution in [1.29, 1.82) is 0 Å². The van der Waals surface area contributed by atoms with Crippen molar-refractivity contribution in [1.82, 2.24) is 5.32 Å². The number of aliphatic hydroxyl groups excluding tert-OH is 1. The lowest BCUT2D eigenvalue weighted by atomic mass is 9.92. The Labute approximate surface area is 118 Å². The summed E-state index contributed by atoms with van der Waals surface area (Å²) in [5, 5.41) is 12.4. The number of nitrogens with one attached hydrogen (secondary N) is 1. The van der Waals surface area contributed by atoms with Crippen LogP contribution in [0.5, 0.6) is 0 Å². The summed E-state index contributed by atoms with van der Waals surface area (Å²) in [6, 6.07) is 1.44. The molecule has 0 aromatic heterocycles. The maximum Gasteiger partial charge on any atom is 0.252 e. The van der Waals surface area contributed by atoms with Crippen LogP contribution in [0.3, 0.4) is 0 Å². The van der Waals surface area contributed by atoms with Gasteiger partial charge in [0.2, 0.25) is 0 Å². The fourth-order valence-electron chi connectivity index (χ4n) is 2.22. The first kappa shape index (κ1) is 14.4. The van der Waals surface area contributed by atoms with Gasteiger partial charge in [0.05, 0.1) is 17.7 Å². The first-order valence-electron chi connectivity index (χ1n) is 6.12. The summed E-state index contributed by atoms with van der Waals surface area (Å²) < 4.78 is 26.3. The molecule has 1 fully saturated rings. The van der Waals surface area contributed by atoms with Gasteiger partial charge in [-0.3, -0.25) is 4.79 Å². The van der Waals surface area contributed by atoms with E-state index >= 15 is 0 Å². The highest BCUT2D eigenvalue weighted by Gasteiger charge is 2.25. The average molecular weight is 334 g/mol. The van der Waals surface area contributed by atoms with Crippen LogP contribution >= 0.6 is 15.9 Å². The van der Waals surface area contributed by atoms with Gasteiger partial charge in [-0.15, -0.1) is 0 Å². The van der Waals surface area contributed by atoms with Crippen LogP contribution in [0.2, 0.25) is 0 Å². The number of halogens is 3. The molecule has 0 heterocycles. The standard InChI is InChI=1S/C13H14BrF2NO2/c14-8-6-10(16)9(15)5-7(8)13(19)17-11-3-1-2-4-12(11)18/h5-6,11-12,18H,1-4H2,(H,17,19). The molecular formula is C13H14BrF2NO2. The molecule has 3 nitrogen and oxygen atoms in total. The molecule has 2 N–H and O–H groups in total. The summed E-state index contributed by atoms with van der Waals surface area (Å²) in [4.78, 5) is 12.0. The number of carbonyl (C=O) groups excluding carboxylic acids is 1. The number of rotatable bonds is 2. The summed E-state index contributed by atoms with van der Waals surface area (Å²) in [7, 11) is 0. The molecule has 1 saturated carbocycles. The number of amides is 1. The van der Waals surface area contributed by atoms with Crippen molar-refractivity contribution < 1.29 is 18.7 Å². The van der Waals surface area contributed by atoms with Crippen molar-refractivity contribution in [2.45, 2.75) is 37.8 Å². The quantitative estimate of drug-likeness (QED) is 0.817. The van der Waals surface area contributed by atoms with Crippen molar-refractivity contribution in [3.8, 4) is 0 Å². The summed E-state index contributed by atoms with van der Waals surface area (Å²) in [6.45, 7) is 0. The molecule has 0 saturated heterocycles. The molecule has 2 atom stereocenters. The van der Waals surface area contributed by atoms with Gasteiger partial charge in [0.25, 0.3) is 5.91 Å². The second kappa shape index (κ2) is 5.96. The third-order valence-corrected chi connectivity index (χ3v) is 3.96. The van der Waals surface area contributed by atoms with Gasteiger partial charge in [0, 0.05) is 4.47 Å². The highest BCUT2D eigenvalue weighted by atomic mass is 79.9. The van der Waals surface area contributed by atoms with E-state index in [1.807, 2.05) is 0 Å². The Hall–Kier alpha value is -1.01. The van der Waals surface area contributed by atoms with Gasteiger partial charge in [0.1, 0.15) is 0 Å². The molecule has 1 aromatic rings. The van der Waals surface area contributed by atoms with E-state index in [0.29, 0.717) is 12.8 Å². The molecule has 1 aliphatic rings. The Bertz CT molecular complexity index is 496. The number of carbonyl (C=O) groups is 1.